The van der Waals surface area contributed by atoms with Crippen molar-refractivity contribution in [3.8, 4) is 0 Å². The van der Waals surface area contributed by atoms with Crippen LogP contribution >= 0.6 is 15.9 Å². The van der Waals surface area contributed by atoms with Crippen LogP contribution in [0, 0.1) is 0 Å². The Morgan fingerprint density at radius 2 is 1.70 bits per heavy atom. The quantitative estimate of drug-likeness (QED) is 0.843. The highest BCUT2D eigenvalue weighted by Gasteiger charge is 2.08. The molecular weight excluding hydrogens is 358 g/mol. The fourth-order valence-corrected chi connectivity index (χ4v) is 2.31. The highest BCUT2D eigenvalue weighted by molar-refractivity contribution is 9.10. The van der Waals surface area contributed by atoms with E-state index in [1.807, 2.05) is 24.3 Å². The Hall–Kier alpha value is -2.34. The average molecular weight is 376 g/mol. The molecule has 23 heavy (non-hydrogen) atoms. The van der Waals surface area contributed by atoms with Crippen LogP contribution in [0.5, 0.6) is 0 Å². The molecule has 0 fully saturated rings. The second-order valence-corrected chi connectivity index (χ2v) is 6.01. The molecule has 0 aromatic heterocycles. The van der Waals surface area contributed by atoms with E-state index in [1.165, 1.54) is 4.90 Å². The second kappa shape index (κ2) is 7.78. The fourth-order valence-electron chi connectivity index (χ4n) is 1.93. The molecule has 0 heterocycles. The maximum absolute atomic E-state index is 11.9. The van der Waals surface area contributed by atoms with Crippen molar-refractivity contribution in [3.05, 3.63) is 58.6 Å². The van der Waals surface area contributed by atoms with E-state index in [1.54, 1.807) is 38.4 Å². The van der Waals surface area contributed by atoms with Gasteiger partial charge in [0, 0.05) is 29.8 Å². The molecule has 0 radical (unpaired) electrons. The average Bonchev–Trinajstić information content (AvgIpc) is 2.55. The minimum atomic E-state index is -0.148. The number of carbonyl (C=O) groups excluding carboxylic acids is 2. The van der Waals surface area contributed by atoms with Crippen molar-refractivity contribution >= 4 is 39.1 Å². The number of anilines is 2. The number of hydrogen-bond acceptors (Lipinski definition) is 3. The van der Waals surface area contributed by atoms with Gasteiger partial charge in [0.25, 0.3) is 5.91 Å². The molecule has 2 rings (SSSR count). The van der Waals surface area contributed by atoms with Crippen molar-refractivity contribution in [1.29, 1.82) is 0 Å². The Labute approximate surface area is 143 Å². The van der Waals surface area contributed by atoms with Crippen LogP contribution in [0.2, 0.25) is 0 Å². The first-order chi connectivity index (χ1) is 11.0. The maximum atomic E-state index is 11.9. The van der Waals surface area contributed by atoms with Crippen LogP contribution in [0.15, 0.2) is 53.0 Å². The molecule has 5 nitrogen and oxygen atoms in total. The van der Waals surface area contributed by atoms with Crippen LogP contribution < -0.4 is 10.6 Å². The van der Waals surface area contributed by atoms with Gasteiger partial charge in [-0.2, -0.15) is 0 Å². The van der Waals surface area contributed by atoms with Gasteiger partial charge in [0.05, 0.1) is 12.2 Å². The molecule has 0 spiro atoms. The highest BCUT2D eigenvalue weighted by Crippen LogP contribution is 2.21. The van der Waals surface area contributed by atoms with E-state index in [0.717, 1.165) is 15.8 Å². The van der Waals surface area contributed by atoms with Crippen molar-refractivity contribution < 1.29 is 9.59 Å². The van der Waals surface area contributed by atoms with Crippen molar-refractivity contribution in [2.75, 3.05) is 31.3 Å². The summed E-state index contributed by atoms with van der Waals surface area (Å²) in [6, 6.07) is 14.5. The number of nitrogens with one attached hydrogen (secondary N) is 2. The highest BCUT2D eigenvalue weighted by atomic mass is 79.9. The third kappa shape index (κ3) is 4.82. The summed E-state index contributed by atoms with van der Waals surface area (Å²) in [5.74, 6) is -0.200. The van der Waals surface area contributed by atoms with Crippen molar-refractivity contribution in [2.45, 2.75) is 0 Å². The van der Waals surface area contributed by atoms with Crippen LogP contribution in [-0.2, 0) is 4.79 Å². The maximum Gasteiger partial charge on any atom is 0.253 e. The lowest BCUT2D eigenvalue weighted by Gasteiger charge is -2.11. The predicted octanol–water partition coefficient (Wildman–Crippen LogP) is 3.20. The molecule has 120 valence electrons. The topological polar surface area (TPSA) is 61.4 Å². The third-order valence-electron chi connectivity index (χ3n) is 3.14. The monoisotopic (exact) mass is 375 g/mol. The van der Waals surface area contributed by atoms with E-state index < -0.39 is 0 Å². The molecule has 2 aromatic carbocycles. The molecule has 2 amide bonds. The molecule has 6 heteroatoms. The van der Waals surface area contributed by atoms with Gasteiger partial charge in [-0.1, -0.05) is 12.1 Å². The van der Waals surface area contributed by atoms with Crippen LogP contribution in [-0.4, -0.2) is 37.4 Å². The van der Waals surface area contributed by atoms with Gasteiger partial charge in [0.15, 0.2) is 0 Å². The molecule has 0 saturated carbocycles. The first-order valence-corrected chi connectivity index (χ1v) is 7.86. The number of para-hydroxylation sites is 1. The number of hydrogen-bond donors (Lipinski definition) is 2. The van der Waals surface area contributed by atoms with Gasteiger partial charge in [-0.05, 0) is 52.3 Å². The van der Waals surface area contributed by atoms with E-state index in [-0.39, 0.29) is 18.4 Å². The number of nitrogens with zero attached hydrogens (tertiary/aromatic N) is 1. The van der Waals surface area contributed by atoms with E-state index in [0.29, 0.717) is 5.56 Å². The molecule has 0 unspecified atom stereocenters. The third-order valence-corrected chi connectivity index (χ3v) is 3.83. The Balaban J connectivity index is 1.89. The van der Waals surface area contributed by atoms with Crippen molar-refractivity contribution in [3.63, 3.8) is 0 Å². The number of halogens is 1. The van der Waals surface area contributed by atoms with Crippen molar-refractivity contribution in [2.24, 2.45) is 0 Å². The molecule has 0 atom stereocenters. The zero-order valence-corrected chi connectivity index (χ0v) is 14.6. The van der Waals surface area contributed by atoms with Gasteiger partial charge in [0.2, 0.25) is 5.91 Å². The summed E-state index contributed by atoms with van der Waals surface area (Å²) in [5.41, 5.74) is 2.12. The number of benzene rings is 2. The zero-order valence-electron chi connectivity index (χ0n) is 13.0. The van der Waals surface area contributed by atoms with E-state index in [4.69, 9.17) is 0 Å². The summed E-state index contributed by atoms with van der Waals surface area (Å²) in [5, 5.41) is 5.84. The van der Waals surface area contributed by atoms with Crippen LogP contribution in [0.4, 0.5) is 11.4 Å². The summed E-state index contributed by atoms with van der Waals surface area (Å²) in [4.78, 5) is 25.3. The van der Waals surface area contributed by atoms with E-state index in [9.17, 15) is 9.59 Å². The molecule has 2 aromatic rings. The Kier molecular flexibility index (Phi) is 5.76. The number of carbonyl (C=O) groups is 2. The lowest BCUT2D eigenvalue weighted by Crippen LogP contribution is -2.22. The van der Waals surface area contributed by atoms with Gasteiger partial charge in [-0.25, -0.2) is 0 Å². The molecule has 0 saturated heterocycles. The molecule has 2 N–H and O–H groups in total. The fraction of sp³-hybridized carbons (Fsp3) is 0.176. The largest absolute Gasteiger partial charge is 0.376 e. The minimum Gasteiger partial charge on any atom is -0.376 e. The van der Waals surface area contributed by atoms with Crippen LogP contribution in [0.1, 0.15) is 10.4 Å². The molecule has 0 aliphatic rings. The summed E-state index contributed by atoms with van der Waals surface area (Å²) in [6.45, 7) is 0.141. The lowest BCUT2D eigenvalue weighted by molar-refractivity contribution is -0.114. The Bertz CT molecular complexity index is 699. The summed E-state index contributed by atoms with van der Waals surface area (Å²) in [7, 11) is 3.42. The van der Waals surface area contributed by atoms with Crippen LogP contribution in [0.3, 0.4) is 0 Å². The van der Waals surface area contributed by atoms with Crippen molar-refractivity contribution in [1.82, 2.24) is 4.90 Å². The Morgan fingerprint density at radius 3 is 2.30 bits per heavy atom. The summed E-state index contributed by atoms with van der Waals surface area (Å²) < 4.78 is 0.833. The summed E-state index contributed by atoms with van der Waals surface area (Å²) in [6.07, 6.45) is 0. The van der Waals surface area contributed by atoms with E-state index in [2.05, 4.69) is 26.6 Å². The van der Waals surface area contributed by atoms with Gasteiger partial charge in [-0.15, -0.1) is 0 Å². The predicted molar refractivity (Wildman–Crippen MR) is 95.7 cm³/mol. The standard InChI is InChI=1S/C17H18BrN3O2/c1-21(2)17(23)12-7-9-13(10-8-12)19-11-16(22)20-15-6-4-3-5-14(15)18/h3-10,19H,11H2,1-2H3,(H,20,22). The Morgan fingerprint density at radius 1 is 1.04 bits per heavy atom. The second-order valence-electron chi connectivity index (χ2n) is 5.16. The lowest BCUT2D eigenvalue weighted by atomic mass is 10.2. The van der Waals surface area contributed by atoms with Gasteiger partial charge in [-0.3, -0.25) is 9.59 Å². The van der Waals surface area contributed by atoms with Gasteiger partial charge in [0.1, 0.15) is 0 Å². The van der Waals surface area contributed by atoms with Gasteiger partial charge < -0.3 is 15.5 Å². The van der Waals surface area contributed by atoms with E-state index >= 15 is 0 Å². The van der Waals surface area contributed by atoms with Crippen LogP contribution in [0.25, 0.3) is 0 Å². The summed E-state index contributed by atoms with van der Waals surface area (Å²) >= 11 is 3.38. The first kappa shape index (κ1) is 17.0. The van der Waals surface area contributed by atoms with Gasteiger partial charge >= 0.3 is 0 Å². The SMILES string of the molecule is CN(C)C(=O)c1ccc(NCC(=O)Nc2ccccc2Br)cc1. The smallest absolute Gasteiger partial charge is 0.253 e. The zero-order chi connectivity index (χ0) is 16.8. The number of rotatable bonds is 5. The molecule has 0 aliphatic heterocycles. The molecule has 0 bridgehead atoms. The normalized spacial score (nSPS) is 10.0. The minimum absolute atomic E-state index is 0.0526. The molecular formula is C17H18BrN3O2. The molecule has 0 aliphatic carbocycles. The number of amides is 2. The first-order valence-electron chi connectivity index (χ1n) is 7.07.